The van der Waals surface area contributed by atoms with Crippen molar-refractivity contribution in [2.45, 2.75) is 65.3 Å². The summed E-state index contributed by atoms with van der Waals surface area (Å²) in [5.74, 6) is 2.59. The van der Waals surface area contributed by atoms with Crippen LogP contribution in [0.1, 0.15) is 59.7 Å². The zero-order valence-corrected chi connectivity index (χ0v) is 13.0. The van der Waals surface area contributed by atoms with Crippen molar-refractivity contribution in [2.75, 3.05) is 5.32 Å². The molecule has 1 aromatic heterocycles. The summed E-state index contributed by atoms with van der Waals surface area (Å²) in [5, 5.41) is 4.57. The van der Waals surface area contributed by atoms with Crippen molar-refractivity contribution in [3.63, 3.8) is 0 Å². The monoisotopic (exact) mass is 267 g/mol. The number of aromatic nitrogens is 2. The van der Waals surface area contributed by atoms with Crippen molar-refractivity contribution in [2.24, 2.45) is 11.8 Å². The lowest BCUT2D eigenvalue weighted by atomic mass is 9.80. The van der Waals surface area contributed by atoms with Gasteiger partial charge < -0.3 is 5.32 Å². The molecule has 2 atom stereocenters. The van der Waals surface area contributed by atoms with E-state index in [-0.39, 0.29) is 5.41 Å². The molecule has 102 valence electrons. The minimum atomic E-state index is 0.0452. The van der Waals surface area contributed by atoms with Gasteiger partial charge in [0.15, 0.2) is 0 Å². The summed E-state index contributed by atoms with van der Waals surface area (Å²) in [5.41, 5.74) is 0.0452. The van der Waals surface area contributed by atoms with Gasteiger partial charge in [-0.25, -0.2) is 4.98 Å². The fourth-order valence-electron chi connectivity index (χ4n) is 2.83. The summed E-state index contributed by atoms with van der Waals surface area (Å²) >= 11 is 1.50. The highest BCUT2D eigenvalue weighted by Gasteiger charge is 2.25. The molecule has 3 nitrogen and oxygen atoms in total. The van der Waals surface area contributed by atoms with Crippen LogP contribution in [0.4, 0.5) is 5.13 Å². The van der Waals surface area contributed by atoms with Crippen molar-refractivity contribution in [3.8, 4) is 0 Å². The number of rotatable bonds is 2. The first-order valence-corrected chi connectivity index (χ1v) is 7.72. The molecule has 1 aliphatic carbocycles. The third-order valence-electron chi connectivity index (χ3n) is 3.60. The number of hydrogen-bond acceptors (Lipinski definition) is 4. The Labute approximate surface area is 115 Å². The van der Waals surface area contributed by atoms with Gasteiger partial charge in [0.05, 0.1) is 0 Å². The van der Waals surface area contributed by atoms with Crippen LogP contribution in [0.2, 0.25) is 0 Å². The summed E-state index contributed by atoms with van der Waals surface area (Å²) in [6.07, 6.45) is 3.88. The van der Waals surface area contributed by atoms with Crippen molar-refractivity contribution < 1.29 is 0 Å². The second-order valence-electron chi connectivity index (χ2n) is 6.93. The topological polar surface area (TPSA) is 37.8 Å². The molecule has 2 rings (SSSR count). The van der Waals surface area contributed by atoms with E-state index in [4.69, 9.17) is 0 Å². The quantitative estimate of drug-likeness (QED) is 0.877. The van der Waals surface area contributed by atoms with Crippen LogP contribution in [0.15, 0.2) is 0 Å². The summed E-state index contributed by atoms with van der Waals surface area (Å²) in [4.78, 5) is 4.62. The molecule has 0 spiro atoms. The van der Waals surface area contributed by atoms with E-state index in [2.05, 4.69) is 49.3 Å². The van der Waals surface area contributed by atoms with E-state index in [1.165, 1.54) is 30.8 Å². The van der Waals surface area contributed by atoms with E-state index >= 15 is 0 Å². The molecule has 0 aromatic carbocycles. The minimum absolute atomic E-state index is 0.0452. The third-order valence-corrected chi connectivity index (χ3v) is 4.25. The van der Waals surface area contributed by atoms with Gasteiger partial charge in [0, 0.05) is 23.0 Å². The van der Waals surface area contributed by atoms with Gasteiger partial charge in [-0.2, -0.15) is 4.37 Å². The zero-order valence-electron chi connectivity index (χ0n) is 12.2. The molecule has 0 radical (unpaired) electrons. The molecule has 0 bridgehead atoms. The van der Waals surface area contributed by atoms with Crippen molar-refractivity contribution in [3.05, 3.63) is 5.82 Å². The van der Waals surface area contributed by atoms with Gasteiger partial charge in [0.2, 0.25) is 5.13 Å². The molecule has 1 aromatic rings. The molecule has 1 fully saturated rings. The maximum atomic E-state index is 4.62. The van der Waals surface area contributed by atoms with Crippen LogP contribution in [0, 0.1) is 11.8 Å². The summed E-state index contributed by atoms with van der Waals surface area (Å²) < 4.78 is 4.46. The first kappa shape index (κ1) is 13.8. The predicted octanol–water partition coefficient (Wildman–Crippen LogP) is 4.07. The maximum absolute atomic E-state index is 4.62. The van der Waals surface area contributed by atoms with E-state index in [9.17, 15) is 0 Å². The van der Waals surface area contributed by atoms with Gasteiger partial charge in [-0.05, 0) is 31.1 Å². The molecule has 1 saturated carbocycles. The molecule has 1 heterocycles. The average Bonchev–Trinajstić information content (AvgIpc) is 2.63. The molecule has 18 heavy (non-hydrogen) atoms. The van der Waals surface area contributed by atoms with Gasteiger partial charge in [-0.3, -0.25) is 0 Å². The SMILES string of the molecule is CC1CC(C)CC(Nc2nc(C(C)(C)C)ns2)C1. The van der Waals surface area contributed by atoms with E-state index in [0.29, 0.717) is 6.04 Å². The lowest BCUT2D eigenvalue weighted by Gasteiger charge is -2.31. The third kappa shape index (κ3) is 3.44. The summed E-state index contributed by atoms with van der Waals surface area (Å²) in [7, 11) is 0. The van der Waals surface area contributed by atoms with Crippen LogP contribution in [-0.4, -0.2) is 15.4 Å². The van der Waals surface area contributed by atoms with Crippen LogP contribution < -0.4 is 5.32 Å². The van der Waals surface area contributed by atoms with E-state index in [0.717, 1.165) is 22.8 Å². The molecule has 0 saturated heterocycles. The second kappa shape index (κ2) is 5.16. The molecule has 1 aliphatic rings. The fraction of sp³-hybridized carbons (Fsp3) is 0.857. The highest BCUT2D eigenvalue weighted by atomic mass is 32.1. The first-order chi connectivity index (χ1) is 8.34. The normalized spacial score (nSPS) is 29.3. The highest BCUT2D eigenvalue weighted by Crippen LogP contribution is 2.31. The molecule has 1 N–H and O–H groups in total. The Morgan fingerprint density at radius 1 is 1.11 bits per heavy atom. The molecule has 0 aliphatic heterocycles. The standard InChI is InChI=1S/C14H25N3S/c1-9-6-10(2)8-11(7-9)15-13-16-12(17-18-13)14(3,4)5/h9-11H,6-8H2,1-5H3,(H,15,16,17). The Morgan fingerprint density at radius 2 is 1.72 bits per heavy atom. The second-order valence-corrected chi connectivity index (χ2v) is 7.68. The number of nitrogens with zero attached hydrogens (tertiary/aromatic N) is 2. The van der Waals surface area contributed by atoms with Crippen LogP contribution in [-0.2, 0) is 5.41 Å². The lowest BCUT2D eigenvalue weighted by molar-refractivity contribution is 0.281. The Bertz CT molecular complexity index is 384. The molecular formula is C14H25N3S. The van der Waals surface area contributed by atoms with Gasteiger partial charge in [0.25, 0.3) is 0 Å². The zero-order chi connectivity index (χ0) is 13.3. The number of hydrogen-bond donors (Lipinski definition) is 1. The van der Waals surface area contributed by atoms with E-state index < -0.39 is 0 Å². The Morgan fingerprint density at radius 3 is 2.22 bits per heavy atom. The molecule has 0 amide bonds. The molecule has 4 heteroatoms. The van der Waals surface area contributed by atoms with Crippen molar-refractivity contribution in [1.29, 1.82) is 0 Å². The van der Waals surface area contributed by atoms with Crippen LogP contribution >= 0.6 is 11.5 Å². The maximum Gasteiger partial charge on any atom is 0.202 e. The highest BCUT2D eigenvalue weighted by molar-refractivity contribution is 7.09. The summed E-state index contributed by atoms with van der Waals surface area (Å²) in [6, 6.07) is 0.574. The smallest absolute Gasteiger partial charge is 0.202 e. The van der Waals surface area contributed by atoms with E-state index in [1.807, 2.05) is 0 Å². The molecule has 2 unspecified atom stereocenters. The number of anilines is 1. The van der Waals surface area contributed by atoms with Gasteiger partial charge in [-0.15, -0.1) is 0 Å². The van der Waals surface area contributed by atoms with Crippen molar-refractivity contribution in [1.82, 2.24) is 9.36 Å². The molecular weight excluding hydrogens is 242 g/mol. The minimum Gasteiger partial charge on any atom is -0.358 e. The number of nitrogens with one attached hydrogen (secondary N) is 1. The Balaban J connectivity index is 1.99. The van der Waals surface area contributed by atoms with Crippen LogP contribution in [0.5, 0.6) is 0 Å². The van der Waals surface area contributed by atoms with Crippen LogP contribution in [0.25, 0.3) is 0 Å². The van der Waals surface area contributed by atoms with Gasteiger partial charge in [0.1, 0.15) is 5.82 Å². The first-order valence-electron chi connectivity index (χ1n) is 6.95. The fourth-order valence-corrected chi connectivity index (χ4v) is 3.66. The summed E-state index contributed by atoms with van der Waals surface area (Å²) in [6.45, 7) is 11.2. The van der Waals surface area contributed by atoms with Crippen molar-refractivity contribution >= 4 is 16.7 Å². The van der Waals surface area contributed by atoms with Crippen LogP contribution in [0.3, 0.4) is 0 Å². The lowest BCUT2D eigenvalue weighted by Crippen LogP contribution is -2.30. The predicted molar refractivity (Wildman–Crippen MR) is 78.2 cm³/mol. The Hall–Kier alpha value is -0.640. The van der Waals surface area contributed by atoms with Gasteiger partial charge >= 0.3 is 0 Å². The van der Waals surface area contributed by atoms with Gasteiger partial charge in [-0.1, -0.05) is 34.6 Å². The average molecular weight is 267 g/mol. The van der Waals surface area contributed by atoms with E-state index in [1.54, 1.807) is 0 Å². The largest absolute Gasteiger partial charge is 0.358 e. The Kier molecular flexibility index (Phi) is 3.95.